The summed E-state index contributed by atoms with van der Waals surface area (Å²) in [6, 6.07) is 4.31. The smallest absolute Gasteiger partial charge is 0.165 e. The first kappa shape index (κ1) is 11.1. The summed E-state index contributed by atoms with van der Waals surface area (Å²) in [6.07, 6.45) is 0.515. The SMILES string of the molecule is COc1c(F)cccc1C1C(=O)CCN1C. The highest BCUT2D eigenvalue weighted by Crippen LogP contribution is 2.34. The van der Waals surface area contributed by atoms with Gasteiger partial charge < -0.3 is 4.74 Å². The molecule has 0 spiro atoms. The number of ether oxygens (including phenoxy) is 1. The lowest BCUT2D eigenvalue weighted by atomic mass is 10.0. The average Bonchev–Trinajstić information content (AvgIpc) is 2.58. The number of ketones is 1. The van der Waals surface area contributed by atoms with Gasteiger partial charge in [-0.05, 0) is 13.1 Å². The van der Waals surface area contributed by atoms with Crippen LogP contribution in [0.4, 0.5) is 4.39 Å². The van der Waals surface area contributed by atoms with E-state index in [1.54, 1.807) is 12.1 Å². The largest absolute Gasteiger partial charge is 0.493 e. The zero-order chi connectivity index (χ0) is 11.7. The third kappa shape index (κ3) is 1.69. The Balaban J connectivity index is 2.47. The Morgan fingerprint density at radius 3 is 2.81 bits per heavy atom. The highest BCUT2D eigenvalue weighted by molar-refractivity contribution is 5.88. The van der Waals surface area contributed by atoms with Crippen LogP contribution < -0.4 is 4.74 Å². The van der Waals surface area contributed by atoms with Crippen molar-refractivity contribution in [3.63, 3.8) is 0 Å². The molecular formula is C12H14FNO2. The normalized spacial score (nSPS) is 21.4. The van der Waals surface area contributed by atoms with Crippen LogP contribution in [0.3, 0.4) is 0 Å². The van der Waals surface area contributed by atoms with Crippen LogP contribution in [0.5, 0.6) is 5.75 Å². The fourth-order valence-electron chi connectivity index (χ4n) is 2.17. The van der Waals surface area contributed by atoms with E-state index in [1.165, 1.54) is 13.2 Å². The molecule has 1 fully saturated rings. The summed E-state index contributed by atoms with van der Waals surface area (Å²) in [4.78, 5) is 13.7. The molecule has 1 saturated heterocycles. The summed E-state index contributed by atoms with van der Waals surface area (Å²) in [5.41, 5.74) is 0.618. The molecular weight excluding hydrogens is 209 g/mol. The molecule has 0 N–H and O–H groups in total. The van der Waals surface area contributed by atoms with Crippen molar-refractivity contribution in [1.82, 2.24) is 4.90 Å². The molecule has 1 aromatic carbocycles. The van der Waals surface area contributed by atoms with Gasteiger partial charge in [-0.2, -0.15) is 0 Å². The Morgan fingerprint density at radius 2 is 2.25 bits per heavy atom. The first-order valence-electron chi connectivity index (χ1n) is 5.20. The third-order valence-electron chi connectivity index (χ3n) is 2.95. The monoisotopic (exact) mass is 223 g/mol. The maximum Gasteiger partial charge on any atom is 0.165 e. The van der Waals surface area contributed by atoms with E-state index in [9.17, 15) is 9.18 Å². The van der Waals surface area contributed by atoms with E-state index in [0.29, 0.717) is 18.5 Å². The predicted molar refractivity (Wildman–Crippen MR) is 57.9 cm³/mol. The number of likely N-dealkylation sites (tertiary alicyclic amines) is 1. The number of carbonyl (C=O) groups is 1. The zero-order valence-corrected chi connectivity index (χ0v) is 9.37. The maximum absolute atomic E-state index is 13.5. The van der Waals surface area contributed by atoms with Gasteiger partial charge in [-0.15, -0.1) is 0 Å². The molecule has 1 aliphatic heterocycles. The topological polar surface area (TPSA) is 29.5 Å². The number of carbonyl (C=O) groups excluding carboxylic acids is 1. The minimum atomic E-state index is -0.423. The molecule has 16 heavy (non-hydrogen) atoms. The second-order valence-corrected chi connectivity index (χ2v) is 3.96. The van der Waals surface area contributed by atoms with Gasteiger partial charge in [0.2, 0.25) is 0 Å². The van der Waals surface area contributed by atoms with E-state index in [1.807, 2.05) is 11.9 Å². The molecule has 2 rings (SSSR count). The molecule has 1 heterocycles. The number of benzene rings is 1. The van der Waals surface area contributed by atoms with Crippen LogP contribution in [0.15, 0.2) is 18.2 Å². The maximum atomic E-state index is 13.5. The van der Waals surface area contributed by atoms with E-state index in [-0.39, 0.29) is 17.6 Å². The number of methoxy groups -OCH3 is 1. The number of likely N-dealkylation sites (N-methyl/N-ethyl adjacent to an activating group) is 1. The molecule has 0 amide bonds. The zero-order valence-electron chi connectivity index (χ0n) is 9.37. The van der Waals surface area contributed by atoms with Crippen LogP contribution in [-0.2, 0) is 4.79 Å². The molecule has 0 radical (unpaired) electrons. The quantitative estimate of drug-likeness (QED) is 0.765. The Morgan fingerprint density at radius 1 is 1.50 bits per heavy atom. The second-order valence-electron chi connectivity index (χ2n) is 3.96. The highest BCUT2D eigenvalue weighted by Gasteiger charge is 2.33. The standard InChI is InChI=1S/C12H14FNO2/c1-14-7-6-10(15)11(14)8-4-3-5-9(13)12(8)16-2/h3-5,11H,6-7H2,1-2H3. The summed E-state index contributed by atoms with van der Waals surface area (Å²) in [5.74, 6) is -0.130. The lowest BCUT2D eigenvalue weighted by molar-refractivity contribution is -0.119. The van der Waals surface area contributed by atoms with E-state index >= 15 is 0 Å². The van der Waals surface area contributed by atoms with Crippen molar-refractivity contribution >= 4 is 5.78 Å². The molecule has 4 heteroatoms. The summed E-state index contributed by atoms with van der Waals surface area (Å²) in [6.45, 7) is 0.711. The van der Waals surface area contributed by atoms with Gasteiger partial charge in [0.05, 0.1) is 13.2 Å². The van der Waals surface area contributed by atoms with Crippen molar-refractivity contribution in [2.24, 2.45) is 0 Å². The van der Waals surface area contributed by atoms with Gasteiger partial charge in [-0.25, -0.2) is 4.39 Å². The number of nitrogens with zero attached hydrogens (tertiary/aromatic N) is 1. The molecule has 1 aromatic rings. The van der Waals surface area contributed by atoms with Crippen molar-refractivity contribution in [3.05, 3.63) is 29.6 Å². The second kappa shape index (κ2) is 4.22. The number of rotatable bonds is 2. The van der Waals surface area contributed by atoms with Crippen molar-refractivity contribution < 1.29 is 13.9 Å². The van der Waals surface area contributed by atoms with Crippen LogP contribution in [-0.4, -0.2) is 31.4 Å². The summed E-state index contributed by atoms with van der Waals surface area (Å²) in [7, 11) is 3.28. The Hall–Kier alpha value is -1.42. The van der Waals surface area contributed by atoms with E-state index < -0.39 is 5.82 Å². The Bertz CT molecular complexity index is 419. The van der Waals surface area contributed by atoms with Crippen LogP contribution in [0.1, 0.15) is 18.0 Å². The highest BCUT2D eigenvalue weighted by atomic mass is 19.1. The molecule has 86 valence electrons. The lowest BCUT2D eigenvalue weighted by Crippen LogP contribution is -2.21. The number of para-hydroxylation sites is 1. The van der Waals surface area contributed by atoms with Crippen LogP contribution in [0.25, 0.3) is 0 Å². The summed E-state index contributed by atoms with van der Waals surface area (Å²) >= 11 is 0. The van der Waals surface area contributed by atoms with Gasteiger partial charge in [0.1, 0.15) is 0 Å². The van der Waals surface area contributed by atoms with Gasteiger partial charge in [0, 0.05) is 18.5 Å². The first-order valence-corrected chi connectivity index (χ1v) is 5.20. The van der Waals surface area contributed by atoms with E-state index in [2.05, 4.69) is 0 Å². The third-order valence-corrected chi connectivity index (χ3v) is 2.95. The fourth-order valence-corrected chi connectivity index (χ4v) is 2.17. The Kier molecular flexibility index (Phi) is 2.92. The minimum absolute atomic E-state index is 0.117. The lowest BCUT2D eigenvalue weighted by Gasteiger charge is -2.20. The average molecular weight is 223 g/mol. The minimum Gasteiger partial charge on any atom is -0.493 e. The number of Topliss-reactive ketones (excluding diaryl/α,β-unsaturated/α-hetero) is 1. The van der Waals surface area contributed by atoms with Gasteiger partial charge in [-0.1, -0.05) is 12.1 Å². The van der Waals surface area contributed by atoms with Gasteiger partial charge in [-0.3, -0.25) is 9.69 Å². The summed E-state index contributed by atoms with van der Waals surface area (Å²) < 4.78 is 18.5. The fraction of sp³-hybridized carbons (Fsp3) is 0.417. The number of hydrogen-bond donors (Lipinski definition) is 0. The van der Waals surface area contributed by atoms with Crippen LogP contribution in [0.2, 0.25) is 0 Å². The molecule has 1 atom stereocenters. The predicted octanol–water partition coefficient (Wildman–Crippen LogP) is 1.78. The number of hydrogen-bond acceptors (Lipinski definition) is 3. The van der Waals surface area contributed by atoms with E-state index in [4.69, 9.17) is 4.74 Å². The van der Waals surface area contributed by atoms with Crippen molar-refractivity contribution in [3.8, 4) is 5.75 Å². The van der Waals surface area contributed by atoms with Crippen molar-refractivity contribution in [2.75, 3.05) is 20.7 Å². The molecule has 0 aliphatic carbocycles. The van der Waals surface area contributed by atoms with Gasteiger partial charge in [0.15, 0.2) is 17.3 Å². The number of halogens is 1. The molecule has 1 unspecified atom stereocenters. The molecule has 0 saturated carbocycles. The first-order chi connectivity index (χ1) is 7.65. The molecule has 1 aliphatic rings. The van der Waals surface area contributed by atoms with Crippen molar-refractivity contribution in [1.29, 1.82) is 0 Å². The van der Waals surface area contributed by atoms with Crippen LogP contribution >= 0.6 is 0 Å². The van der Waals surface area contributed by atoms with Gasteiger partial charge in [0.25, 0.3) is 0 Å². The van der Waals surface area contributed by atoms with E-state index in [0.717, 1.165) is 0 Å². The molecule has 3 nitrogen and oxygen atoms in total. The molecule has 0 bridgehead atoms. The van der Waals surface area contributed by atoms with Crippen molar-refractivity contribution in [2.45, 2.75) is 12.5 Å². The Labute approximate surface area is 93.8 Å². The molecule has 0 aromatic heterocycles. The van der Waals surface area contributed by atoms with Gasteiger partial charge >= 0.3 is 0 Å². The summed E-state index contributed by atoms with van der Waals surface area (Å²) in [5, 5.41) is 0. The van der Waals surface area contributed by atoms with Crippen LogP contribution in [0, 0.1) is 5.82 Å².